The molecule has 1 atom stereocenters. The SMILES string of the molecule is CCCCCC/C=C\C/C=C\CCCCCCCC(=O)OC(COC(=O)CCCCCCCCCCC/C=C\C/C=C\CCCCCCC)COC(=O)CCCCCCCCCCCCCC. The second-order valence-electron chi connectivity index (χ2n) is 19.6. The van der Waals surface area contributed by atoms with Gasteiger partial charge in [0, 0.05) is 19.3 Å². The first-order valence-electron chi connectivity index (χ1n) is 29.1. The van der Waals surface area contributed by atoms with Gasteiger partial charge < -0.3 is 14.2 Å². The first-order chi connectivity index (χ1) is 33.0. The van der Waals surface area contributed by atoms with Crippen LogP contribution in [0.15, 0.2) is 48.6 Å². The summed E-state index contributed by atoms with van der Waals surface area (Å²) >= 11 is 0. The van der Waals surface area contributed by atoms with Crippen LogP contribution >= 0.6 is 0 Å². The van der Waals surface area contributed by atoms with Gasteiger partial charge in [-0.05, 0) is 83.5 Å². The lowest BCUT2D eigenvalue weighted by atomic mass is 10.0. The van der Waals surface area contributed by atoms with Crippen LogP contribution in [0.5, 0.6) is 0 Å². The van der Waals surface area contributed by atoms with Crippen molar-refractivity contribution in [3.63, 3.8) is 0 Å². The van der Waals surface area contributed by atoms with Crippen molar-refractivity contribution < 1.29 is 28.6 Å². The van der Waals surface area contributed by atoms with Crippen LogP contribution in [-0.4, -0.2) is 37.2 Å². The molecule has 0 heterocycles. The number of esters is 3. The third-order valence-corrected chi connectivity index (χ3v) is 12.8. The van der Waals surface area contributed by atoms with Gasteiger partial charge in [-0.1, -0.05) is 249 Å². The Morgan fingerprint density at radius 2 is 0.537 bits per heavy atom. The van der Waals surface area contributed by atoms with Crippen LogP contribution in [0.1, 0.15) is 303 Å². The average molecular weight is 940 g/mol. The predicted octanol–water partition coefficient (Wildman–Crippen LogP) is 19.4. The van der Waals surface area contributed by atoms with Crippen LogP contribution in [0.3, 0.4) is 0 Å². The summed E-state index contributed by atoms with van der Waals surface area (Å²) in [5.74, 6) is -0.882. The zero-order valence-corrected chi connectivity index (χ0v) is 44.7. The first kappa shape index (κ1) is 64.4. The number of hydrogen-bond donors (Lipinski definition) is 0. The Bertz CT molecular complexity index is 1170. The van der Waals surface area contributed by atoms with E-state index in [2.05, 4.69) is 69.4 Å². The second kappa shape index (κ2) is 56.0. The van der Waals surface area contributed by atoms with E-state index in [1.165, 1.54) is 173 Å². The molecule has 0 N–H and O–H groups in total. The highest BCUT2D eigenvalue weighted by Crippen LogP contribution is 2.16. The van der Waals surface area contributed by atoms with Crippen molar-refractivity contribution in [3.05, 3.63) is 48.6 Å². The van der Waals surface area contributed by atoms with Crippen molar-refractivity contribution in [2.45, 2.75) is 309 Å². The second-order valence-corrected chi connectivity index (χ2v) is 19.6. The molecule has 6 heteroatoms. The quantitative estimate of drug-likeness (QED) is 0.0262. The van der Waals surface area contributed by atoms with Gasteiger partial charge in [0.05, 0.1) is 0 Å². The molecule has 0 aliphatic rings. The van der Waals surface area contributed by atoms with E-state index < -0.39 is 6.10 Å². The van der Waals surface area contributed by atoms with Gasteiger partial charge in [0.2, 0.25) is 0 Å². The lowest BCUT2D eigenvalue weighted by Gasteiger charge is -2.18. The number of hydrogen-bond acceptors (Lipinski definition) is 6. The molecule has 390 valence electrons. The van der Waals surface area contributed by atoms with Crippen LogP contribution in [-0.2, 0) is 28.6 Å². The zero-order chi connectivity index (χ0) is 48.6. The first-order valence-corrected chi connectivity index (χ1v) is 29.1. The molecular formula is C61H110O6. The van der Waals surface area contributed by atoms with E-state index in [0.717, 1.165) is 89.9 Å². The molecule has 0 spiro atoms. The molecule has 0 amide bonds. The normalized spacial score (nSPS) is 12.3. The van der Waals surface area contributed by atoms with E-state index >= 15 is 0 Å². The minimum absolute atomic E-state index is 0.0773. The largest absolute Gasteiger partial charge is 0.462 e. The number of allylic oxidation sites excluding steroid dienone is 8. The summed E-state index contributed by atoms with van der Waals surface area (Å²) in [4.78, 5) is 38.1. The summed E-state index contributed by atoms with van der Waals surface area (Å²) in [5, 5.41) is 0. The molecule has 1 unspecified atom stereocenters. The van der Waals surface area contributed by atoms with Crippen LogP contribution in [0.2, 0.25) is 0 Å². The van der Waals surface area contributed by atoms with Gasteiger partial charge in [-0.25, -0.2) is 0 Å². The van der Waals surface area contributed by atoms with Gasteiger partial charge in [-0.15, -0.1) is 0 Å². The number of carbonyl (C=O) groups excluding carboxylic acids is 3. The number of unbranched alkanes of at least 4 members (excludes halogenated alkanes) is 34. The lowest BCUT2D eigenvalue weighted by molar-refractivity contribution is -0.167. The van der Waals surface area contributed by atoms with E-state index in [9.17, 15) is 14.4 Å². The molecule has 0 aliphatic heterocycles. The maximum Gasteiger partial charge on any atom is 0.306 e. The fraction of sp³-hybridized carbons (Fsp3) is 0.820. The van der Waals surface area contributed by atoms with E-state index in [-0.39, 0.29) is 31.1 Å². The molecule has 0 bridgehead atoms. The van der Waals surface area contributed by atoms with E-state index in [4.69, 9.17) is 14.2 Å². The Morgan fingerprint density at radius 1 is 0.299 bits per heavy atom. The third kappa shape index (κ3) is 54.2. The van der Waals surface area contributed by atoms with Gasteiger partial charge in [-0.2, -0.15) is 0 Å². The number of ether oxygens (including phenoxy) is 3. The van der Waals surface area contributed by atoms with Crippen molar-refractivity contribution >= 4 is 17.9 Å². The minimum atomic E-state index is -0.780. The summed E-state index contributed by atoms with van der Waals surface area (Å²) in [5.41, 5.74) is 0. The average Bonchev–Trinajstić information content (AvgIpc) is 3.33. The highest BCUT2D eigenvalue weighted by atomic mass is 16.6. The molecule has 0 aromatic heterocycles. The molecule has 0 fully saturated rings. The van der Waals surface area contributed by atoms with Crippen molar-refractivity contribution in [1.29, 1.82) is 0 Å². The molecule has 67 heavy (non-hydrogen) atoms. The van der Waals surface area contributed by atoms with Crippen LogP contribution in [0.25, 0.3) is 0 Å². The highest BCUT2D eigenvalue weighted by Gasteiger charge is 2.19. The summed E-state index contributed by atoms with van der Waals surface area (Å²) in [6.45, 7) is 6.62. The molecular weight excluding hydrogens is 829 g/mol. The molecule has 0 aromatic rings. The Hall–Kier alpha value is -2.63. The topological polar surface area (TPSA) is 78.9 Å². The number of carbonyl (C=O) groups is 3. The summed E-state index contributed by atoms with van der Waals surface area (Å²) in [6.07, 6.45) is 68.1. The summed E-state index contributed by atoms with van der Waals surface area (Å²) in [7, 11) is 0. The Morgan fingerprint density at radius 3 is 0.836 bits per heavy atom. The molecule has 0 saturated heterocycles. The monoisotopic (exact) mass is 939 g/mol. The summed E-state index contributed by atoms with van der Waals surface area (Å²) < 4.78 is 16.9. The van der Waals surface area contributed by atoms with Crippen molar-refractivity contribution in [2.24, 2.45) is 0 Å². The molecule has 0 aliphatic carbocycles. The van der Waals surface area contributed by atoms with Gasteiger partial charge in [0.15, 0.2) is 6.10 Å². The smallest absolute Gasteiger partial charge is 0.306 e. The Balaban J connectivity index is 4.33. The molecule has 0 aromatic carbocycles. The standard InChI is InChI=1S/C61H110O6/c1-4-7-10-13-16-19-22-25-27-29-30-31-32-33-35-36-39-42-45-48-51-54-60(63)66-57-58(56-65-59(62)53-50-47-44-41-38-24-21-18-15-12-9-6-3)67-61(64)55-52-49-46-43-40-37-34-28-26-23-20-17-14-11-8-5-2/h20,22-23,25,28-30,34,58H,4-19,21,24,26-27,31-33,35-57H2,1-3H3/b23-20-,25-22-,30-29-,34-28-. The maximum atomic E-state index is 12.8. The van der Waals surface area contributed by atoms with E-state index in [1.54, 1.807) is 0 Å². The Labute approximate surface area is 416 Å². The van der Waals surface area contributed by atoms with E-state index in [1.807, 2.05) is 0 Å². The van der Waals surface area contributed by atoms with Crippen LogP contribution in [0, 0.1) is 0 Å². The Kier molecular flexibility index (Phi) is 53.8. The fourth-order valence-electron chi connectivity index (χ4n) is 8.39. The molecule has 0 radical (unpaired) electrons. The van der Waals surface area contributed by atoms with Crippen LogP contribution < -0.4 is 0 Å². The van der Waals surface area contributed by atoms with Gasteiger partial charge in [-0.3, -0.25) is 14.4 Å². The zero-order valence-electron chi connectivity index (χ0n) is 44.7. The van der Waals surface area contributed by atoms with Crippen LogP contribution in [0.4, 0.5) is 0 Å². The number of rotatable bonds is 53. The van der Waals surface area contributed by atoms with Gasteiger partial charge in [0.1, 0.15) is 13.2 Å². The highest BCUT2D eigenvalue weighted by molar-refractivity contribution is 5.71. The van der Waals surface area contributed by atoms with E-state index in [0.29, 0.717) is 19.3 Å². The molecule has 6 nitrogen and oxygen atoms in total. The maximum absolute atomic E-state index is 12.8. The van der Waals surface area contributed by atoms with Gasteiger partial charge >= 0.3 is 17.9 Å². The molecule has 0 rings (SSSR count). The van der Waals surface area contributed by atoms with Crippen molar-refractivity contribution in [2.75, 3.05) is 13.2 Å². The van der Waals surface area contributed by atoms with Gasteiger partial charge in [0.25, 0.3) is 0 Å². The minimum Gasteiger partial charge on any atom is -0.462 e. The predicted molar refractivity (Wildman–Crippen MR) is 289 cm³/mol. The van der Waals surface area contributed by atoms with Crippen molar-refractivity contribution in [1.82, 2.24) is 0 Å². The van der Waals surface area contributed by atoms with Crippen molar-refractivity contribution in [3.8, 4) is 0 Å². The lowest BCUT2D eigenvalue weighted by Crippen LogP contribution is -2.30. The summed E-state index contributed by atoms with van der Waals surface area (Å²) in [6, 6.07) is 0. The fourth-order valence-corrected chi connectivity index (χ4v) is 8.39. The molecule has 0 saturated carbocycles. The third-order valence-electron chi connectivity index (χ3n) is 12.8.